The highest BCUT2D eigenvalue weighted by atomic mass is 35.5. The topological polar surface area (TPSA) is 27.1 Å². The van der Waals surface area contributed by atoms with Crippen molar-refractivity contribution < 1.29 is 4.74 Å². The molecule has 21 heavy (non-hydrogen) atoms. The van der Waals surface area contributed by atoms with Crippen LogP contribution in [0.15, 0.2) is 54.6 Å². The Morgan fingerprint density at radius 3 is 2.38 bits per heavy atom. The fraction of sp³-hybridized carbons (Fsp3) is 0.118. The van der Waals surface area contributed by atoms with Crippen LogP contribution in [0.5, 0.6) is 5.75 Å². The van der Waals surface area contributed by atoms with Crippen LogP contribution in [0, 0.1) is 6.92 Å². The molecule has 0 atom stereocenters. The molecule has 0 unspecified atom stereocenters. The SMILES string of the molecule is COc1ccccc1-n1nc(-c2ccccc2)c(C)c1Cl. The number of nitrogens with zero attached hydrogens (tertiary/aromatic N) is 2. The van der Waals surface area contributed by atoms with Crippen molar-refractivity contribution in [2.24, 2.45) is 0 Å². The van der Waals surface area contributed by atoms with Gasteiger partial charge in [-0.25, -0.2) is 4.68 Å². The quantitative estimate of drug-likeness (QED) is 0.711. The van der Waals surface area contributed by atoms with Crippen molar-refractivity contribution >= 4 is 11.6 Å². The Morgan fingerprint density at radius 1 is 1.00 bits per heavy atom. The first-order valence-corrected chi connectivity index (χ1v) is 7.04. The maximum atomic E-state index is 6.47. The molecule has 0 saturated carbocycles. The van der Waals surface area contributed by atoms with E-state index in [1.54, 1.807) is 11.8 Å². The fourth-order valence-electron chi connectivity index (χ4n) is 2.31. The van der Waals surface area contributed by atoms with E-state index in [-0.39, 0.29) is 0 Å². The maximum Gasteiger partial charge on any atom is 0.144 e. The van der Waals surface area contributed by atoms with Gasteiger partial charge in [0.15, 0.2) is 0 Å². The van der Waals surface area contributed by atoms with E-state index >= 15 is 0 Å². The highest BCUT2D eigenvalue weighted by Crippen LogP contribution is 2.32. The molecule has 0 N–H and O–H groups in total. The molecule has 0 spiro atoms. The lowest BCUT2D eigenvalue weighted by Crippen LogP contribution is -2.00. The number of hydrogen-bond donors (Lipinski definition) is 0. The number of hydrogen-bond acceptors (Lipinski definition) is 2. The van der Waals surface area contributed by atoms with Crippen molar-refractivity contribution in [3.63, 3.8) is 0 Å². The van der Waals surface area contributed by atoms with Gasteiger partial charge in [0.1, 0.15) is 16.6 Å². The Hall–Kier alpha value is -2.26. The molecule has 0 aliphatic rings. The Labute approximate surface area is 128 Å². The van der Waals surface area contributed by atoms with Crippen LogP contribution in [0.3, 0.4) is 0 Å². The molecule has 3 aromatic rings. The van der Waals surface area contributed by atoms with Gasteiger partial charge in [0.2, 0.25) is 0 Å². The third kappa shape index (κ3) is 2.41. The molecule has 4 heteroatoms. The standard InChI is InChI=1S/C17H15ClN2O/c1-12-16(13-8-4-3-5-9-13)19-20(17(12)18)14-10-6-7-11-15(14)21-2/h3-11H,1-2H3. The minimum Gasteiger partial charge on any atom is -0.494 e. The van der Waals surface area contributed by atoms with Crippen LogP contribution in [0.25, 0.3) is 16.9 Å². The zero-order valence-corrected chi connectivity index (χ0v) is 12.6. The van der Waals surface area contributed by atoms with E-state index in [0.29, 0.717) is 5.15 Å². The minimum atomic E-state index is 0.596. The summed E-state index contributed by atoms with van der Waals surface area (Å²) in [4.78, 5) is 0. The molecule has 0 radical (unpaired) electrons. The smallest absolute Gasteiger partial charge is 0.144 e. The molecule has 2 aromatic carbocycles. The highest BCUT2D eigenvalue weighted by Gasteiger charge is 2.17. The molecule has 1 heterocycles. The van der Waals surface area contributed by atoms with Gasteiger partial charge in [0.25, 0.3) is 0 Å². The van der Waals surface area contributed by atoms with Crippen molar-refractivity contribution in [3.05, 3.63) is 65.3 Å². The van der Waals surface area contributed by atoms with Crippen LogP contribution < -0.4 is 4.74 Å². The zero-order valence-electron chi connectivity index (χ0n) is 11.9. The number of benzene rings is 2. The van der Waals surface area contributed by atoms with Gasteiger partial charge in [-0.3, -0.25) is 0 Å². The van der Waals surface area contributed by atoms with Gasteiger partial charge >= 0.3 is 0 Å². The summed E-state index contributed by atoms with van der Waals surface area (Å²) < 4.78 is 7.11. The summed E-state index contributed by atoms with van der Waals surface area (Å²) in [6, 6.07) is 17.7. The van der Waals surface area contributed by atoms with Gasteiger partial charge in [-0.15, -0.1) is 0 Å². The number of aromatic nitrogens is 2. The van der Waals surface area contributed by atoms with Crippen LogP contribution in [0.1, 0.15) is 5.56 Å². The first-order chi connectivity index (χ1) is 10.2. The van der Waals surface area contributed by atoms with Crippen molar-refractivity contribution in [2.75, 3.05) is 7.11 Å². The van der Waals surface area contributed by atoms with E-state index in [1.807, 2.05) is 61.5 Å². The second-order valence-corrected chi connectivity index (χ2v) is 5.07. The van der Waals surface area contributed by atoms with Crippen molar-refractivity contribution in [1.29, 1.82) is 0 Å². The molecule has 3 nitrogen and oxygen atoms in total. The molecular weight excluding hydrogens is 284 g/mol. The van der Waals surface area contributed by atoms with E-state index in [0.717, 1.165) is 28.3 Å². The predicted molar refractivity (Wildman–Crippen MR) is 85.3 cm³/mol. The summed E-state index contributed by atoms with van der Waals surface area (Å²) in [6.45, 7) is 1.98. The second kappa shape index (κ2) is 5.62. The minimum absolute atomic E-state index is 0.596. The number of methoxy groups -OCH3 is 1. The van der Waals surface area contributed by atoms with Crippen LogP contribution in [-0.2, 0) is 0 Å². The Kier molecular flexibility index (Phi) is 3.67. The van der Waals surface area contributed by atoms with Crippen LogP contribution >= 0.6 is 11.6 Å². The lowest BCUT2D eigenvalue weighted by molar-refractivity contribution is 0.412. The van der Waals surface area contributed by atoms with E-state index in [4.69, 9.17) is 16.3 Å². The second-order valence-electron chi connectivity index (χ2n) is 4.71. The molecule has 3 rings (SSSR count). The molecular formula is C17H15ClN2O. The normalized spacial score (nSPS) is 10.6. The number of ether oxygens (including phenoxy) is 1. The van der Waals surface area contributed by atoms with Crippen molar-refractivity contribution in [3.8, 4) is 22.7 Å². The van der Waals surface area contributed by atoms with Gasteiger partial charge in [-0.2, -0.15) is 5.10 Å². The van der Waals surface area contributed by atoms with Crippen molar-refractivity contribution in [1.82, 2.24) is 9.78 Å². The monoisotopic (exact) mass is 298 g/mol. The summed E-state index contributed by atoms with van der Waals surface area (Å²) in [7, 11) is 1.64. The summed E-state index contributed by atoms with van der Waals surface area (Å²) in [5, 5.41) is 5.26. The van der Waals surface area contributed by atoms with Gasteiger partial charge in [-0.05, 0) is 19.1 Å². The Morgan fingerprint density at radius 2 is 1.67 bits per heavy atom. The molecule has 0 fully saturated rings. The van der Waals surface area contributed by atoms with Crippen LogP contribution in [-0.4, -0.2) is 16.9 Å². The third-order valence-corrected chi connectivity index (χ3v) is 3.85. The zero-order chi connectivity index (χ0) is 14.8. The Balaban J connectivity index is 2.18. The van der Waals surface area contributed by atoms with Gasteiger partial charge in [-0.1, -0.05) is 54.1 Å². The highest BCUT2D eigenvalue weighted by molar-refractivity contribution is 6.31. The molecule has 0 aliphatic heterocycles. The van der Waals surface area contributed by atoms with E-state index in [1.165, 1.54) is 0 Å². The average Bonchev–Trinajstić information content (AvgIpc) is 2.84. The van der Waals surface area contributed by atoms with Gasteiger partial charge < -0.3 is 4.74 Å². The molecule has 0 saturated heterocycles. The number of rotatable bonds is 3. The molecule has 0 bridgehead atoms. The van der Waals surface area contributed by atoms with Gasteiger partial charge in [0.05, 0.1) is 12.8 Å². The summed E-state index contributed by atoms with van der Waals surface area (Å²) >= 11 is 6.47. The van der Waals surface area contributed by atoms with E-state index < -0.39 is 0 Å². The molecule has 0 amide bonds. The number of halogens is 1. The summed E-state index contributed by atoms with van der Waals surface area (Å²) in [5.74, 6) is 0.738. The molecule has 1 aromatic heterocycles. The van der Waals surface area contributed by atoms with E-state index in [2.05, 4.69) is 5.10 Å². The average molecular weight is 299 g/mol. The maximum absolute atomic E-state index is 6.47. The molecule has 0 aliphatic carbocycles. The van der Waals surface area contributed by atoms with Crippen LogP contribution in [0.4, 0.5) is 0 Å². The van der Waals surface area contributed by atoms with Crippen molar-refractivity contribution in [2.45, 2.75) is 6.92 Å². The predicted octanol–water partition coefficient (Wildman–Crippen LogP) is 4.51. The summed E-state index contributed by atoms with van der Waals surface area (Å²) in [5.41, 5.74) is 3.71. The first kappa shape index (κ1) is 13.7. The van der Waals surface area contributed by atoms with Gasteiger partial charge in [0, 0.05) is 11.1 Å². The lowest BCUT2D eigenvalue weighted by Gasteiger charge is -2.08. The third-order valence-electron chi connectivity index (χ3n) is 3.41. The van der Waals surface area contributed by atoms with Crippen LogP contribution in [0.2, 0.25) is 5.15 Å². The Bertz CT molecular complexity index is 766. The lowest BCUT2D eigenvalue weighted by atomic mass is 10.1. The molecule has 106 valence electrons. The summed E-state index contributed by atoms with van der Waals surface area (Å²) in [6.07, 6.45) is 0. The van der Waals surface area contributed by atoms with E-state index in [9.17, 15) is 0 Å². The first-order valence-electron chi connectivity index (χ1n) is 6.66. The largest absolute Gasteiger partial charge is 0.494 e. The fourth-order valence-corrected chi connectivity index (χ4v) is 2.53. The number of para-hydroxylation sites is 2.